The van der Waals surface area contributed by atoms with Gasteiger partial charge in [-0.15, -0.1) is 12.4 Å². The van der Waals surface area contributed by atoms with Gasteiger partial charge in [-0.1, -0.05) is 11.6 Å². The Hall–Kier alpha value is -0.380. The first-order valence-electron chi connectivity index (χ1n) is 3.18. The van der Waals surface area contributed by atoms with Gasteiger partial charge >= 0.3 is 0 Å². The van der Waals surface area contributed by atoms with Crippen LogP contribution in [0.15, 0.2) is 12.3 Å². The van der Waals surface area contributed by atoms with E-state index in [-0.39, 0.29) is 23.1 Å². The zero-order valence-corrected chi connectivity index (χ0v) is 7.99. The number of hydrogen-bond acceptors (Lipinski definition) is 2. The third-order valence-corrected chi connectivity index (χ3v) is 1.47. The van der Waals surface area contributed by atoms with E-state index in [9.17, 15) is 4.39 Å². The number of halogens is 3. The van der Waals surface area contributed by atoms with Crippen molar-refractivity contribution in [2.24, 2.45) is 5.73 Å². The van der Waals surface area contributed by atoms with E-state index in [2.05, 4.69) is 4.98 Å². The summed E-state index contributed by atoms with van der Waals surface area (Å²) >= 11 is 5.48. The first-order chi connectivity index (χ1) is 5.11. The molecule has 0 aliphatic heterocycles. The van der Waals surface area contributed by atoms with Crippen LogP contribution in [0.1, 0.15) is 18.7 Å². The molecule has 1 atom stereocenters. The molecule has 68 valence electrons. The number of rotatable bonds is 1. The van der Waals surface area contributed by atoms with E-state index in [0.29, 0.717) is 0 Å². The highest BCUT2D eigenvalue weighted by Gasteiger charge is 2.07. The van der Waals surface area contributed by atoms with Crippen molar-refractivity contribution in [2.75, 3.05) is 0 Å². The quantitative estimate of drug-likeness (QED) is 0.773. The van der Waals surface area contributed by atoms with Crippen molar-refractivity contribution in [2.45, 2.75) is 13.0 Å². The summed E-state index contributed by atoms with van der Waals surface area (Å²) in [5, 5.41) is 0.284. The molecule has 1 aromatic heterocycles. The first-order valence-corrected chi connectivity index (χ1v) is 3.55. The summed E-state index contributed by atoms with van der Waals surface area (Å²) in [7, 11) is 0. The van der Waals surface area contributed by atoms with Crippen molar-refractivity contribution in [1.29, 1.82) is 0 Å². The number of pyridine rings is 1. The minimum Gasteiger partial charge on any atom is -0.323 e. The lowest BCUT2D eigenvalue weighted by Crippen LogP contribution is -2.09. The predicted molar refractivity (Wildman–Crippen MR) is 49.1 cm³/mol. The molecule has 12 heavy (non-hydrogen) atoms. The van der Waals surface area contributed by atoms with E-state index in [4.69, 9.17) is 17.3 Å². The van der Waals surface area contributed by atoms with Crippen LogP contribution in [0.25, 0.3) is 0 Å². The van der Waals surface area contributed by atoms with Gasteiger partial charge < -0.3 is 5.73 Å². The van der Waals surface area contributed by atoms with Crippen LogP contribution >= 0.6 is 24.0 Å². The molecule has 2 nitrogen and oxygen atoms in total. The zero-order chi connectivity index (χ0) is 8.43. The molecule has 0 aliphatic rings. The molecule has 1 rings (SSSR count). The third kappa shape index (κ3) is 2.59. The first kappa shape index (κ1) is 11.6. The highest BCUT2D eigenvalue weighted by molar-refractivity contribution is 6.30. The van der Waals surface area contributed by atoms with E-state index in [1.165, 1.54) is 12.3 Å². The van der Waals surface area contributed by atoms with Crippen LogP contribution in [0.3, 0.4) is 0 Å². The standard InChI is InChI=1S/C7H8ClFN2.ClH/c1-4(10)7-6(9)2-5(8)3-11-7;/h2-4H,10H2,1H3;1H/t4-;/m1./s1. The summed E-state index contributed by atoms with van der Waals surface area (Å²) in [6.07, 6.45) is 1.38. The second-order valence-electron chi connectivity index (χ2n) is 2.31. The van der Waals surface area contributed by atoms with Gasteiger partial charge in [0.2, 0.25) is 0 Å². The van der Waals surface area contributed by atoms with Crippen molar-refractivity contribution in [3.05, 3.63) is 28.8 Å². The largest absolute Gasteiger partial charge is 0.323 e. The lowest BCUT2D eigenvalue weighted by atomic mass is 10.2. The van der Waals surface area contributed by atoms with Crippen LogP contribution in [0.2, 0.25) is 5.02 Å². The van der Waals surface area contributed by atoms with Crippen LogP contribution in [-0.4, -0.2) is 4.98 Å². The fraction of sp³-hybridized carbons (Fsp3) is 0.286. The van der Waals surface area contributed by atoms with E-state index >= 15 is 0 Å². The molecule has 0 aliphatic carbocycles. The van der Waals surface area contributed by atoms with Gasteiger partial charge in [-0.3, -0.25) is 4.98 Å². The summed E-state index contributed by atoms with van der Waals surface area (Å²) in [4.78, 5) is 3.75. The molecule has 0 aromatic carbocycles. The molecule has 5 heteroatoms. The fourth-order valence-electron chi connectivity index (χ4n) is 0.760. The van der Waals surface area contributed by atoms with Crippen LogP contribution in [0.4, 0.5) is 4.39 Å². The molecule has 2 N–H and O–H groups in total. The van der Waals surface area contributed by atoms with Crippen LogP contribution in [0, 0.1) is 5.82 Å². The molecule has 0 spiro atoms. The van der Waals surface area contributed by atoms with Gasteiger partial charge in [-0.2, -0.15) is 0 Å². The van der Waals surface area contributed by atoms with Crippen molar-refractivity contribution in [3.63, 3.8) is 0 Å². The Labute approximate surface area is 81.3 Å². The van der Waals surface area contributed by atoms with Crippen LogP contribution in [-0.2, 0) is 0 Å². The summed E-state index contributed by atoms with van der Waals surface area (Å²) in [5.41, 5.74) is 5.66. The average molecular weight is 211 g/mol. The maximum atomic E-state index is 12.9. The molecular weight excluding hydrogens is 202 g/mol. The van der Waals surface area contributed by atoms with Gasteiger partial charge in [0.1, 0.15) is 5.82 Å². The summed E-state index contributed by atoms with van der Waals surface area (Å²) in [6, 6.07) is 0.806. The Morgan fingerprint density at radius 1 is 1.67 bits per heavy atom. The Kier molecular flexibility index (Phi) is 4.45. The lowest BCUT2D eigenvalue weighted by Gasteiger charge is -2.04. The van der Waals surface area contributed by atoms with Crippen LogP contribution in [0.5, 0.6) is 0 Å². The summed E-state index contributed by atoms with van der Waals surface area (Å²) < 4.78 is 12.9. The molecule has 1 aromatic rings. The molecule has 1 heterocycles. The van der Waals surface area contributed by atoms with E-state index < -0.39 is 11.9 Å². The van der Waals surface area contributed by atoms with Crippen LogP contribution < -0.4 is 5.73 Å². The molecule has 0 saturated carbocycles. The minimum atomic E-state index is -0.451. The molecule has 0 saturated heterocycles. The number of nitrogens with zero attached hydrogens (tertiary/aromatic N) is 1. The van der Waals surface area contributed by atoms with E-state index in [0.717, 1.165) is 0 Å². The van der Waals surface area contributed by atoms with Gasteiger partial charge in [0.25, 0.3) is 0 Å². The zero-order valence-electron chi connectivity index (χ0n) is 6.42. The monoisotopic (exact) mass is 210 g/mol. The second-order valence-corrected chi connectivity index (χ2v) is 2.75. The van der Waals surface area contributed by atoms with Crippen molar-refractivity contribution < 1.29 is 4.39 Å². The van der Waals surface area contributed by atoms with Gasteiger partial charge in [-0.25, -0.2) is 4.39 Å². The van der Waals surface area contributed by atoms with Gasteiger partial charge in [-0.05, 0) is 13.0 Å². The second kappa shape index (κ2) is 4.60. The molecule has 0 amide bonds. The summed E-state index contributed by atoms with van der Waals surface area (Å²) in [5.74, 6) is -0.451. The van der Waals surface area contributed by atoms with E-state index in [1.54, 1.807) is 6.92 Å². The third-order valence-electron chi connectivity index (χ3n) is 1.27. The lowest BCUT2D eigenvalue weighted by molar-refractivity contribution is 0.579. The van der Waals surface area contributed by atoms with Gasteiger partial charge in [0, 0.05) is 12.2 Å². The summed E-state index contributed by atoms with van der Waals surface area (Å²) in [6.45, 7) is 1.67. The molecular formula is C7H9Cl2FN2. The smallest absolute Gasteiger partial charge is 0.147 e. The molecule has 0 radical (unpaired) electrons. The Balaban J connectivity index is 0.00000121. The molecule has 0 bridgehead atoms. The SMILES string of the molecule is C[C@@H](N)c1ncc(Cl)cc1F.Cl. The maximum Gasteiger partial charge on any atom is 0.147 e. The fourth-order valence-corrected chi connectivity index (χ4v) is 0.905. The van der Waals surface area contributed by atoms with Crippen molar-refractivity contribution >= 4 is 24.0 Å². The van der Waals surface area contributed by atoms with E-state index in [1.807, 2.05) is 0 Å². The number of nitrogens with two attached hydrogens (primary N) is 1. The maximum absolute atomic E-state index is 12.9. The molecule has 0 unspecified atom stereocenters. The Morgan fingerprint density at radius 2 is 2.25 bits per heavy atom. The average Bonchev–Trinajstić information content (AvgIpc) is 1.85. The van der Waals surface area contributed by atoms with Crippen molar-refractivity contribution in [1.82, 2.24) is 4.98 Å². The van der Waals surface area contributed by atoms with Gasteiger partial charge in [0.15, 0.2) is 0 Å². The van der Waals surface area contributed by atoms with Crippen molar-refractivity contribution in [3.8, 4) is 0 Å². The minimum absolute atomic E-state index is 0. The highest BCUT2D eigenvalue weighted by Crippen LogP contribution is 2.15. The Morgan fingerprint density at radius 3 is 2.67 bits per heavy atom. The predicted octanol–water partition coefficient (Wildman–Crippen LogP) is 2.32. The Bertz CT molecular complexity index is 266. The highest BCUT2D eigenvalue weighted by atomic mass is 35.5. The topological polar surface area (TPSA) is 38.9 Å². The number of aromatic nitrogens is 1. The molecule has 0 fully saturated rings. The normalized spacial score (nSPS) is 12.0. The number of hydrogen-bond donors (Lipinski definition) is 1. The van der Waals surface area contributed by atoms with Gasteiger partial charge in [0.05, 0.1) is 10.7 Å².